The number of rotatable bonds is 14. The monoisotopic (exact) mass is 558 g/mol. The van der Waals surface area contributed by atoms with Crippen LogP contribution in [0.15, 0.2) is 22.5 Å². The maximum atomic E-state index is 13.6. The average Bonchev–Trinajstić information content (AvgIpc) is 2.86. The summed E-state index contributed by atoms with van der Waals surface area (Å²) in [6, 6.07) is 0. The molecule has 0 heterocycles. The maximum absolute atomic E-state index is 13.6. The number of aliphatic hydroxyl groups excluding tert-OH is 2. The number of hydrogen-bond acceptors (Lipinski definition) is 6. The lowest BCUT2D eigenvalue weighted by Crippen LogP contribution is -2.60. The van der Waals surface area contributed by atoms with Crippen LogP contribution in [-0.4, -0.2) is 40.0 Å². The molecule has 0 spiro atoms. The van der Waals surface area contributed by atoms with E-state index in [1.54, 1.807) is 13.8 Å². The number of carbonyl (C=O) groups is 3. The van der Waals surface area contributed by atoms with Crippen LogP contribution in [0.25, 0.3) is 0 Å². The molecule has 0 bridgehead atoms. The van der Waals surface area contributed by atoms with Gasteiger partial charge in [-0.05, 0) is 30.6 Å². The molecule has 0 saturated heterocycles. The first kappa shape index (κ1) is 32.6. The summed E-state index contributed by atoms with van der Waals surface area (Å²) >= 11 is 0. The first-order valence-electron chi connectivity index (χ1n) is 16.0. The zero-order valence-corrected chi connectivity index (χ0v) is 25.9. The summed E-state index contributed by atoms with van der Waals surface area (Å²) in [5.41, 5.74) is -0.690. The molecule has 0 amide bonds. The molecule has 2 N–H and O–H groups in total. The van der Waals surface area contributed by atoms with Crippen molar-refractivity contribution < 1.29 is 29.3 Å². The molecule has 4 unspecified atom stereocenters. The Bertz CT molecular complexity index is 1000. The van der Waals surface area contributed by atoms with Crippen LogP contribution < -0.4 is 0 Å². The quantitative estimate of drug-likeness (QED) is 0.0979. The van der Waals surface area contributed by atoms with Crippen molar-refractivity contribution in [1.29, 1.82) is 0 Å². The minimum Gasteiger partial charge on any atom is -0.507 e. The summed E-state index contributed by atoms with van der Waals surface area (Å²) in [5, 5.41) is 23.1. The first-order valence-corrected chi connectivity index (χ1v) is 16.0. The number of aliphatic hydroxyl groups is 2. The standard InChI is InChI=1S/C34H54O6/c1-7-8-9-10-11-12-13-14-15-16-17-19-23(35)40-31-25-26(29(38)28(37)24(22(2)3)27(25)36)34(6)21-18-20-33(4,5)32(34)30(31)39/h22,30-32,36,39H,7-21H2,1-6H3. The number of Topliss-reactive ketones (excluding diaryl/α,β-unsaturated/α-hetero) is 2. The van der Waals surface area contributed by atoms with E-state index in [0.29, 0.717) is 12.8 Å². The SMILES string of the molecule is CCCCCCCCCCCCCC(=O)OC1C2=C(C(=O)C(=O)C(C(C)C)=C2O)C2(C)CCCC(C)(C)C2C1O. The van der Waals surface area contributed by atoms with Crippen LogP contribution in [0.1, 0.15) is 138 Å². The molecule has 4 atom stereocenters. The highest BCUT2D eigenvalue weighted by atomic mass is 16.6. The molecule has 0 aliphatic heterocycles. The Labute approximate surface area is 242 Å². The third kappa shape index (κ3) is 6.74. The molecule has 3 aliphatic rings. The second kappa shape index (κ2) is 13.8. The number of fused-ring (bicyclic) bond motifs is 2. The van der Waals surface area contributed by atoms with Gasteiger partial charge in [-0.3, -0.25) is 14.4 Å². The lowest BCUT2D eigenvalue weighted by molar-refractivity contribution is -0.168. The Kier molecular flexibility index (Phi) is 11.2. The lowest BCUT2D eigenvalue weighted by atomic mass is 9.47. The van der Waals surface area contributed by atoms with Gasteiger partial charge in [0.25, 0.3) is 0 Å². The Morgan fingerprint density at radius 3 is 2.00 bits per heavy atom. The Morgan fingerprint density at radius 1 is 0.900 bits per heavy atom. The van der Waals surface area contributed by atoms with E-state index in [1.165, 1.54) is 51.4 Å². The molecule has 3 aliphatic carbocycles. The molecule has 1 fully saturated rings. The van der Waals surface area contributed by atoms with Crippen molar-refractivity contribution >= 4 is 17.5 Å². The molecule has 6 nitrogen and oxygen atoms in total. The molecule has 226 valence electrons. The third-order valence-electron chi connectivity index (χ3n) is 9.83. The topological polar surface area (TPSA) is 101 Å². The van der Waals surface area contributed by atoms with Gasteiger partial charge < -0.3 is 14.9 Å². The predicted octanol–water partition coefficient (Wildman–Crippen LogP) is 7.72. The van der Waals surface area contributed by atoms with Gasteiger partial charge in [-0.15, -0.1) is 0 Å². The van der Waals surface area contributed by atoms with E-state index in [0.717, 1.165) is 25.7 Å². The zero-order valence-electron chi connectivity index (χ0n) is 25.9. The van der Waals surface area contributed by atoms with Crippen LogP contribution in [0.3, 0.4) is 0 Å². The predicted molar refractivity (Wildman–Crippen MR) is 158 cm³/mol. The smallest absolute Gasteiger partial charge is 0.306 e. The Morgan fingerprint density at radius 2 is 1.45 bits per heavy atom. The van der Waals surface area contributed by atoms with Gasteiger partial charge in [-0.25, -0.2) is 0 Å². The molecule has 0 aromatic rings. The molecule has 1 saturated carbocycles. The van der Waals surface area contributed by atoms with E-state index < -0.39 is 41.1 Å². The van der Waals surface area contributed by atoms with Crippen molar-refractivity contribution in [3.63, 3.8) is 0 Å². The number of allylic oxidation sites excluding steroid dienone is 2. The Balaban J connectivity index is 1.72. The van der Waals surface area contributed by atoms with Crippen molar-refractivity contribution in [3.8, 4) is 0 Å². The van der Waals surface area contributed by atoms with E-state index >= 15 is 0 Å². The molecular formula is C34H54O6. The third-order valence-corrected chi connectivity index (χ3v) is 9.83. The molecule has 3 rings (SSSR count). The van der Waals surface area contributed by atoms with Crippen LogP contribution in [0.5, 0.6) is 0 Å². The van der Waals surface area contributed by atoms with Crippen molar-refractivity contribution in [1.82, 2.24) is 0 Å². The van der Waals surface area contributed by atoms with Gasteiger partial charge >= 0.3 is 5.97 Å². The maximum Gasteiger partial charge on any atom is 0.306 e. The average molecular weight is 559 g/mol. The minimum absolute atomic E-state index is 0.0412. The fourth-order valence-electron chi connectivity index (χ4n) is 7.92. The number of carbonyl (C=O) groups excluding carboxylic acids is 3. The molecule has 6 heteroatoms. The summed E-state index contributed by atoms with van der Waals surface area (Å²) < 4.78 is 5.93. The zero-order chi connectivity index (χ0) is 29.7. The number of ketones is 2. The molecule has 40 heavy (non-hydrogen) atoms. The van der Waals surface area contributed by atoms with E-state index in [4.69, 9.17) is 4.74 Å². The van der Waals surface area contributed by atoms with Crippen molar-refractivity contribution in [2.24, 2.45) is 22.7 Å². The van der Waals surface area contributed by atoms with Gasteiger partial charge in [-0.1, -0.05) is 112 Å². The fraction of sp³-hybridized carbons (Fsp3) is 0.794. The Hall–Kier alpha value is -1.95. The molecule has 0 aromatic carbocycles. The van der Waals surface area contributed by atoms with Crippen LogP contribution >= 0.6 is 0 Å². The van der Waals surface area contributed by atoms with Crippen molar-refractivity contribution in [2.45, 2.75) is 150 Å². The number of esters is 1. The van der Waals surface area contributed by atoms with Gasteiger partial charge in [0.1, 0.15) is 5.76 Å². The van der Waals surface area contributed by atoms with Gasteiger partial charge in [0.2, 0.25) is 11.6 Å². The van der Waals surface area contributed by atoms with Crippen LogP contribution in [0, 0.1) is 22.7 Å². The van der Waals surface area contributed by atoms with Gasteiger partial charge in [0.15, 0.2) is 6.10 Å². The molecule has 0 radical (unpaired) electrons. The summed E-state index contributed by atoms with van der Waals surface area (Å²) in [5.74, 6) is -2.81. The summed E-state index contributed by atoms with van der Waals surface area (Å²) in [7, 11) is 0. The fourth-order valence-corrected chi connectivity index (χ4v) is 7.92. The van der Waals surface area contributed by atoms with Gasteiger partial charge in [-0.2, -0.15) is 0 Å². The number of hydrogen-bond donors (Lipinski definition) is 2. The highest BCUT2D eigenvalue weighted by Crippen LogP contribution is 2.61. The highest BCUT2D eigenvalue weighted by molar-refractivity contribution is 6.50. The molecular weight excluding hydrogens is 504 g/mol. The first-order chi connectivity index (χ1) is 18.9. The van der Waals surface area contributed by atoms with Crippen LogP contribution in [0.2, 0.25) is 0 Å². The van der Waals surface area contributed by atoms with E-state index in [-0.39, 0.29) is 40.2 Å². The normalized spacial score (nSPS) is 28.1. The second-order valence-electron chi connectivity index (χ2n) is 13.8. The summed E-state index contributed by atoms with van der Waals surface area (Å²) in [4.78, 5) is 39.9. The van der Waals surface area contributed by atoms with E-state index in [1.807, 2.05) is 6.92 Å². The van der Waals surface area contributed by atoms with Gasteiger partial charge in [0.05, 0.1) is 6.10 Å². The second-order valence-corrected chi connectivity index (χ2v) is 13.8. The lowest BCUT2D eigenvalue weighted by Gasteiger charge is -2.58. The number of unbranched alkanes of at least 4 members (excludes halogenated alkanes) is 10. The largest absolute Gasteiger partial charge is 0.507 e. The summed E-state index contributed by atoms with van der Waals surface area (Å²) in [6.45, 7) is 11.8. The van der Waals surface area contributed by atoms with Crippen molar-refractivity contribution in [3.05, 3.63) is 22.5 Å². The van der Waals surface area contributed by atoms with Gasteiger partial charge in [0, 0.05) is 34.5 Å². The summed E-state index contributed by atoms with van der Waals surface area (Å²) in [6.07, 6.45) is 13.2. The van der Waals surface area contributed by atoms with Crippen LogP contribution in [-0.2, 0) is 19.1 Å². The van der Waals surface area contributed by atoms with E-state index in [9.17, 15) is 24.6 Å². The minimum atomic E-state index is -1.17. The van der Waals surface area contributed by atoms with Crippen LogP contribution in [0.4, 0.5) is 0 Å². The van der Waals surface area contributed by atoms with E-state index in [2.05, 4.69) is 20.8 Å². The highest BCUT2D eigenvalue weighted by Gasteiger charge is 2.62. The number of ether oxygens (including phenoxy) is 1. The van der Waals surface area contributed by atoms with Crippen molar-refractivity contribution in [2.75, 3.05) is 0 Å². The molecule has 0 aromatic heterocycles.